The highest BCUT2D eigenvalue weighted by Gasteiger charge is 2.32. The lowest BCUT2D eigenvalue weighted by atomic mass is 10.2. The van der Waals surface area contributed by atoms with Crippen molar-refractivity contribution in [2.24, 2.45) is 0 Å². The lowest BCUT2D eigenvalue weighted by Gasteiger charge is -2.27. The van der Waals surface area contributed by atoms with Gasteiger partial charge in [0.05, 0.1) is 6.04 Å². The summed E-state index contributed by atoms with van der Waals surface area (Å²) >= 11 is 0. The predicted molar refractivity (Wildman–Crippen MR) is 55.3 cm³/mol. The summed E-state index contributed by atoms with van der Waals surface area (Å²) in [5.41, 5.74) is 0. The molecule has 0 radical (unpaired) electrons. The summed E-state index contributed by atoms with van der Waals surface area (Å²) in [4.78, 5) is 15.3. The summed E-state index contributed by atoms with van der Waals surface area (Å²) in [5, 5.41) is 0. The second kappa shape index (κ2) is 4.64. The number of likely N-dealkylation sites (N-methyl/N-ethyl adjacent to an activating group) is 2. The molecule has 1 fully saturated rings. The Labute approximate surface area is 85.8 Å². The van der Waals surface area contributed by atoms with Gasteiger partial charge < -0.3 is 14.5 Å². The van der Waals surface area contributed by atoms with Crippen LogP contribution in [-0.4, -0.2) is 54.7 Å². The Balaban J connectivity index is 2.48. The van der Waals surface area contributed by atoms with Crippen LogP contribution >= 0.6 is 0 Å². The fourth-order valence-corrected chi connectivity index (χ4v) is 1.57. The second-order valence-electron chi connectivity index (χ2n) is 4.05. The molecule has 0 aromatic carbocycles. The molecule has 4 nitrogen and oxygen atoms in total. The topological polar surface area (TPSA) is 32.8 Å². The van der Waals surface area contributed by atoms with E-state index in [0.717, 1.165) is 13.1 Å². The van der Waals surface area contributed by atoms with Crippen LogP contribution in [0.15, 0.2) is 0 Å². The van der Waals surface area contributed by atoms with Crippen molar-refractivity contribution in [2.45, 2.75) is 32.9 Å². The third-order valence-corrected chi connectivity index (χ3v) is 2.80. The van der Waals surface area contributed by atoms with Gasteiger partial charge in [-0.2, -0.15) is 0 Å². The first-order valence-corrected chi connectivity index (χ1v) is 5.19. The van der Waals surface area contributed by atoms with Crippen molar-refractivity contribution in [3.63, 3.8) is 0 Å². The minimum atomic E-state index is -0.172. The van der Waals surface area contributed by atoms with Gasteiger partial charge in [-0.25, -0.2) is 4.79 Å². The number of carbonyl (C=O) groups excluding carboxylic acids is 1. The van der Waals surface area contributed by atoms with Crippen LogP contribution in [0, 0.1) is 0 Å². The predicted octanol–water partition coefficient (Wildman–Crippen LogP) is 1.17. The molecule has 1 aliphatic heterocycles. The maximum atomic E-state index is 11.3. The Kier molecular flexibility index (Phi) is 3.75. The van der Waals surface area contributed by atoms with E-state index in [4.69, 9.17) is 4.74 Å². The van der Waals surface area contributed by atoms with Gasteiger partial charge in [-0.3, -0.25) is 0 Å². The minimum Gasteiger partial charge on any atom is -0.447 e. The molecule has 0 spiro atoms. The number of ether oxygens (including phenoxy) is 1. The summed E-state index contributed by atoms with van der Waals surface area (Å²) in [6.45, 7) is 8.42. The van der Waals surface area contributed by atoms with Crippen LogP contribution in [0.4, 0.5) is 4.79 Å². The average molecular weight is 200 g/mol. The van der Waals surface area contributed by atoms with E-state index >= 15 is 0 Å². The van der Waals surface area contributed by atoms with Crippen molar-refractivity contribution in [1.82, 2.24) is 9.80 Å². The molecular weight excluding hydrogens is 180 g/mol. The summed E-state index contributed by atoms with van der Waals surface area (Å²) in [7, 11) is 2.07. The van der Waals surface area contributed by atoms with E-state index in [9.17, 15) is 4.79 Å². The van der Waals surface area contributed by atoms with Crippen molar-refractivity contribution in [3.05, 3.63) is 0 Å². The number of hydrogen-bond acceptors (Lipinski definition) is 3. The van der Waals surface area contributed by atoms with E-state index in [2.05, 4.69) is 25.8 Å². The molecular formula is C10H20N2O2. The lowest BCUT2D eigenvalue weighted by molar-refractivity contribution is 0.157. The molecule has 4 heteroatoms. The highest BCUT2D eigenvalue weighted by atomic mass is 16.6. The SMILES string of the molecule is CCN1C(=O)OCC1CN(C)C(C)C. The normalized spacial score (nSPS) is 22.3. The molecule has 0 aliphatic carbocycles. The van der Waals surface area contributed by atoms with E-state index in [1.807, 2.05) is 6.92 Å². The molecule has 0 aromatic rings. The maximum Gasteiger partial charge on any atom is 0.410 e. The molecule has 1 aliphatic rings. The van der Waals surface area contributed by atoms with Gasteiger partial charge in [0.25, 0.3) is 0 Å². The summed E-state index contributed by atoms with van der Waals surface area (Å²) in [5.74, 6) is 0. The monoisotopic (exact) mass is 200 g/mol. The molecule has 1 heterocycles. The standard InChI is InChI=1S/C10H20N2O2/c1-5-12-9(7-14-10(12)13)6-11(4)8(2)3/h8-9H,5-7H2,1-4H3. The molecule has 1 amide bonds. The van der Waals surface area contributed by atoms with Gasteiger partial charge in [-0.1, -0.05) is 0 Å². The highest BCUT2D eigenvalue weighted by molar-refractivity contribution is 5.70. The van der Waals surface area contributed by atoms with Gasteiger partial charge in [0.1, 0.15) is 6.61 Å². The maximum absolute atomic E-state index is 11.3. The molecule has 1 rings (SSSR count). The summed E-state index contributed by atoms with van der Waals surface area (Å²) < 4.78 is 5.01. The first-order chi connectivity index (χ1) is 6.56. The molecule has 0 aromatic heterocycles. The lowest BCUT2D eigenvalue weighted by Crippen LogP contribution is -2.43. The van der Waals surface area contributed by atoms with E-state index < -0.39 is 0 Å². The molecule has 1 atom stereocenters. The van der Waals surface area contributed by atoms with Crippen molar-refractivity contribution in [1.29, 1.82) is 0 Å². The van der Waals surface area contributed by atoms with Crippen LogP contribution in [0.2, 0.25) is 0 Å². The van der Waals surface area contributed by atoms with E-state index in [1.54, 1.807) is 4.90 Å². The average Bonchev–Trinajstić information content (AvgIpc) is 2.46. The van der Waals surface area contributed by atoms with E-state index in [0.29, 0.717) is 12.6 Å². The number of nitrogens with zero attached hydrogens (tertiary/aromatic N) is 2. The van der Waals surface area contributed by atoms with Crippen LogP contribution in [0.1, 0.15) is 20.8 Å². The van der Waals surface area contributed by atoms with Gasteiger partial charge in [-0.15, -0.1) is 0 Å². The van der Waals surface area contributed by atoms with Gasteiger partial charge in [0, 0.05) is 19.1 Å². The number of rotatable bonds is 4. The van der Waals surface area contributed by atoms with Crippen molar-refractivity contribution >= 4 is 6.09 Å². The Hall–Kier alpha value is -0.770. The quantitative estimate of drug-likeness (QED) is 0.683. The van der Waals surface area contributed by atoms with Gasteiger partial charge in [-0.05, 0) is 27.8 Å². The first kappa shape index (κ1) is 11.3. The van der Waals surface area contributed by atoms with Crippen molar-refractivity contribution < 1.29 is 9.53 Å². The van der Waals surface area contributed by atoms with Crippen LogP contribution in [0.3, 0.4) is 0 Å². The molecule has 14 heavy (non-hydrogen) atoms. The van der Waals surface area contributed by atoms with Gasteiger partial charge in [0.2, 0.25) is 0 Å². The number of cyclic esters (lactones) is 1. The Morgan fingerprint density at radius 1 is 1.64 bits per heavy atom. The van der Waals surface area contributed by atoms with Crippen LogP contribution in [0.25, 0.3) is 0 Å². The molecule has 0 N–H and O–H groups in total. The Bertz CT molecular complexity index is 206. The third kappa shape index (κ3) is 2.38. The Morgan fingerprint density at radius 2 is 2.29 bits per heavy atom. The number of carbonyl (C=O) groups is 1. The zero-order chi connectivity index (χ0) is 10.7. The molecule has 82 valence electrons. The zero-order valence-corrected chi connectivity index (χ0v) is 9.49. The van der Waals surface area contributed by atoms with E-state index in [1.165, 1.54) is 0 Å². The smallest absolute Gasteiger partial charge is 0.410 e. The number of amides is 1. The molecule has 1 saturated heterocycles. The third-order valence-electron chi connectivity index (χ3n) is 2.80. The van der Waals surface area contributed by atoms with E-state index in [-0.39, 0.29) is 12.1 Å². The van der Waals surface area contributed by atoms with Gasteiger partial charge in [0.15, 0.2) is 0 Å². The fourth-order valence-electron chi connectivity index (χ4n) is 1.57. The fraction of sp³-hybridized carbons (Fsp3) is 0.900. The highest BCUT2D eigenvalue weighted by Crippen LogP contribution is 2.13. The first-order valence-electron chi connectivity index (χ1n) is 5.19. The number of hydrogen-bond donors (Lipinski definition) is 0. The van der Waals surface area contributed by atoms with Crippen molar-refractivity contribution in [2.75, 3.05) is 26.7 Å². The molecule has 0 bridgehead atoms. The molecule has 0 saturated carbocycles. The van der Waals surface area contributed by atoms with Crippen LogP contribution in [-0.2, 0) is 4.74 Å². The van der Waals surface area contributed by atoms with Gasteiger partial charge >= 0.3 is 6.09 Å². The largest absolute Gasteiger partial charge is 0.447 e. The summed E-state index contributed by atoms with van der Waals surface area (Å²) in [6.07, 6.45) is -0.172. The van der Waals surface area contributed by atoms with Crippen LogP contribution < -0.4 is 0 Å². The summed E-state index contributed by atoms with van der Waals surface area (Å²) in [6, 6.07) is 0.726. The zero-order valence-electron chi connectivity index (χ0n) is 9.49. The van der Waals surface area contributed by atoms with Crippen LogP contribution in [0.5, 0.6) is 0 Å². The second-order valence-corrected chi connectivity index (χ2v) is 4.05. The minimum absolute atomic E-state index is 0.172. The Morgan fingerprint density at radius 3 is 2.79 bits per heavy atom. The van der Waals surface area contributed by atoms with Crippen molar-refractivity contribution in [3.8, 4) is 0 Å². The molecule has 1 unspecified atom stereocenters.